The van der Waals surface area contributed by atoms with Crippen LogP contribution < -0.4 is 19.7 Å². The summed E-state index contributed by atoms with van der Waals surface area (Å²) in [7, 11) is 1.66. The fourth-order valence-corrected chi connectivity index (χ4v) is 4.21. The number of hydrogen-bond donors (Lipinski definition) is 1. The summed E-state index contributed by atoms with van der Waals surface area (Å²) >= 11 is 9.13. The van der Waals surface area contributed by atoms with E-state index in [1.807, 2.05) is 41.3 Å². The lowest BCUT2D eigenvalue weighted by Gasteiger charge is -2.52. The van der Waals surface area contributed by atoms with Gasteiger partial charge >= 0.3 is 0 Å². The molecule has 2 aromatic carbocycles. The third-order valence-electron chi connectivity index (χ3n) is 4.57. The Kier molecular flexibility index (Phi) is 3.69. The second-order valence-electron chi connectivity index (χ2n) is 6.17. The van der Waals surface area contributed by atoms with Gasteiger partial charge in [0.05, 0.1) is 13.2 Å². The molecule has 2 atom stereocenters. The molecule has 1 fully saturated rings. The quantitative estimate of drug-likeness (QED) is 0.750. The second-order valence-corrected chi connectivity index (χ2v) is 7.48. The molecule has 124 valence electrons. The Hall–Kier alpha value is -1.79. The highest BCUT2D eigenvalue weighted by Gasteiger charge is 2.49. The Morgan fingerprint density at radius 3 is 2.75 bits per heavy atom. The van der Waals surface area contributed by atoms with E-state index in [9.17, 15) is 0 Å². The lowest BCUT2D eigenvalue weighted by atomic mass is 9.90. The van der Waals surface area contributed by atoms with E-state index >= 15 is 0 Å². The molecule has 24 heavy (non-hydrogen) atoms. The van der Waals surface area contributed by atoms with E-state index in [1.54, 1.807) is 7.11 Å². The van der Waals surface area contributed by atoms with Gasteiger partial charge in [-0.05, 0) is 49.5 Å². The SMILES string of the molecule is COc1cccc2c1O[C@]1(C)C[C@@H]2NC(=S)N1c1ccc(Br)cc1. The largest absolute Gasteiger partial charge is 0.493 e. The summed E-state index contributed by atoms with van der Waals surface area (Å²) in [5.74, 6) is 1.53. The molecule has 1 saturated heterocycles. The molecule has 2 heterocycles. The first-order chi connectivity index (χ1) is 11.5. The monoisotopic (exact) mass is 404 g/mol. The van der Waals surface area contributed by atoms with Gasteiger partial charge in [0.1, 0.15) is 0 Å². The van der Waals surface area contributed by atoms with Crippen molar-refractivity contribution < 1.29 is 9.47 Å². The molecular formula is C18H17BrN2O2S. The number of benzene rings is 2. The van der Waals surface area contributed by atoms with E-state index in [4.69, 9.17) is 21.7 Å². The van der Waals surface area contributed by atoms with Crippen molar-refractivity contribution in [2.24, 2.45) is 0 Å². The molecule has 0 aliphatic carbocycles. The second kappa shape index (κ2) is 5.63. The van der Waals surface area contributed by atoms with E-state index < -0.39 is 5.72 Å². The summed E-state index contributed by atoms with van der Waals surface area (Å²) in [5.41, 5.74) is 1.52. The molecular weight excluding hydrogens is 388 g/mol. The minimum Gasteiger partial charge on any atom is -0.493 e. The van der Waals surface area contributed by atoms with Crippen LogP contribution in [0.25, 0.3) is 0 Å². The maximum Gasteiger partial charge on any atom is 0.188 e. The van der Waals surface area contributed by atoms with Crippen LogP contribution in [0.15, 0.2) is 46.9 Å². The Labute approximate surface area is 154 Å². The molecule has 2 bridgehead atoms. The Bertz CT molecular complexity index is 811. The third kappa shape index (κ3) is 2.36. The van der Waals surface area contributed by atoms with Crippen LogP contribution in [-0.4, -0.2) is 17.9 Å². The van der Waals surface area contributed by atoms with Crippen LogP contribution >= 0.6 is 28.1 Å². The Morgan fingerprint density at radius 1 is 1.29 bits per heavy atom. The van der Waals surface area contributed by atoms with E-state index in [2.05, 4.69) is 34.2 Å². The highest BCUT2D eigenvalue weighted by Crippen LogP contribution is 2.49. The van der Waals surface area contributed by atoms with Crippen molar-refractivity contribution in [1.82, 2.24) is 5.32 Å². The van der Waals surface area contributed by atoms with Gasteiger partial charge in [0.25, 0.3) is 0 Å². The zero-order valence-corrected chi connectivity index (χ0v) is 15.8. The van der Waals surface area contributed by atoms with Crippen molar-refractivity contribution in [2.75, 3.05) is 12.0 Å². The molecule has 1 N–H and O–H groups in total. The lowest BCUT2D eigenvalue weighted by Crippen LogP contribution is -2.65. The molecule has 0 spiro atoms. The number of ether oxygens (including phenoxy) is 2. The van der Waals surface area contributed by atoms with Crippen LogP contribution in [0.4, 0.5) is 5.69 Å². The van der Waals surface area contributed by atoms with Gasteiger partial charge in [0.2, 0.25) is 0 Å². The zero-order chi connectivity index (χ0) is 16.9. The van der Waals surface area contributed by atoms with Crippen LogP contribution in [0.3, 0.4) is 0 Å². The van der Waals surface area contributed by atoms with Crippen LogP contribution in [0.1, 0.15) is 24.9 Å². The predicted octanol–water partition coefficient (Wildman–Crippen LogP) is 4.39. The van der Waals surface area contributed by atoms with Crippen molar-refractivity contribution in [3.05, 3.63) is 52.5 Å². The van der Waals surface area contributed by atoms with Gasteiger partial charge < -0.3 is 14.8 Å². The predicted molar refractivity (Wildman–Crippen MR) is 102 cm³/mol. The van der Waals surface area contributed by atoms with Crippen LogP contribution in [-0.2, 0) is 0 Å². The summed E-state index contributed by atoms with van der Waals surface area (Å²) in [6.45, 7) is 2.07. The number of methoxy groups -OCH3 is 1. The minimum atomic E-state index is -0.567. The lowest BCUT2D eigenvalue weighted by molar-refractivity contribution is 0.0464. The number of nitrogens with zero attached hydrogens (tertiary/aromatic N) is 1. The van der Waals surface area contributed by atoms with Gasteiger partial charge in [-0.2, -0.15) is 0 Å². The first-order valence-corrected chi connectivity index (χ1v) is 8.94. The number of fused-ring (bicyclic) bond motifs is 4. The van der Waals surface area contributed by atoms with Gasteiger partial charge in [0, 0.05) is 22.1 Å². The average molecular weight is 405 g/mol. The highest BCUT2D eigenvalue weighted by molar-refractivity contribution is 9.10. The normalized spacial score (nSPS) is 24.7. The molecule has 0 amide bonds. The standard InChI is InChI=1S/C18H17BrN2O2S/c1-18-10-14(13-4-3-5-15(22-2)16(13)23-18)20-17(24)21(18)12-8-6-11(19)7-9-12/h3-9,14H,10H2,1-2H3,(H,20,24)/t14-,18+/m0/s1. The highest BCUT2D eigenvalue weighted by atomic mass is 79.9. The van der Waals surface area contributed by atoms with Crippen LogP contribution in [0.2, 0.25) is 0 Å². The molecule has 2 aliphatic rings. The van der Waals surface area contributed by atoms with Gasteiger partial charge in [-0.1, -0.05) is 28.1 Å². The van der Waals surface area contributed by atoms with Crippen LogP contribution in [0, 0.1) is 0 Å². The topological polar surface area (TPSA) is 33.7 Å². The average Bonchev–Trinajstić information content (AvgIpc) is 2.55. The minimum absolute atomic E-state index is 0.119. The Morgan fingerprint density at radius 2 is 2.04 bits per heavy atom. The number of rotatable bonds is 2. The molecule has 0 saturated carbocycles. The molecule has 2 aromatic rings. The summed E-state index contributed by atoms with van der Waals surface area (Å²) in [6.07, 6.45) is 0.795. The fraction of sp³-hybridized carbons (Fsp3) is 0.278. The van der Waals surface area contributed by atoms with Crippen molar-refractivity contribution in [3.8, 4) is 11.5 Å². The fourth-order valence-electron chi connectivity index (χ4n) is 3.50. The van der Waals surface area contributed by atoms with E-state index in [0.29, 0.717) is 5.11 Å². The summed E-state index contributed by atoms with van der Waals surface area (Å²) in [5, 5.41) is 4.12. The molecule has 4 nitrogen and oxygen atoms in total. The number of nitrogens with one attached hydrogen (secondary N) is 1. The Balaban J connectivity index is 1.81. The maximum atomic E-state index is 6.44. The molecule has 6 heteroatoms. The van der Waals surface area contributed by atoms with Crippen molar-refractivity contribution in [3.63, 3.8) is 0 Å². The summed E-state index contributed by atoms with van der Waals surface area (Å²) < 4.78 is 13.0. The first kappa shape index (κ1) is 15.7. The summed E-state index contributed by atoms with van der Waals surface area (Å²) in [6, 6.07) is 14.2. The van der Waals surface area contributed by atoms with Crippen LogP contribution in [0.5, 0.6) is 11.5 Å². The van der Waals surface area contributed by atoms with Gasteiger partial charge in [-0.15, -0.1) is 0 Å². The number of hydrogen-bond acceptors (Lipinski definition) is 3. The van der Waals surface area contributed by atoms with Crippen molar-refractivity contribution in [1.29, 1.82) is 0 Å². The molecule has 4 rings (SSSR count). The van der Waals surface area contributed by atoms with Gasteiger partial charge in [-0.3, -0.25) is 4.90 Å². The first-order valence-electron chi connectivity index (χ1n) is 7.74. The smallest absolute Gasteiger partial charge is 0.188 e. The molecule has 2 aliphatic heterocycles. The van der Waals surface area contributed by atoms with Gasteiger partial charge in [0.15, 0.2) is 22.3 Å². The number of thiocarbonyl (C=S) groups is 1. The van der Waals surface area contributed by atoms with E-state index in [-0.39, 0.29) is 6.04 Å². The van der Waals surface area contributed by atoms with Gasteiger partial charge in [-0.25, -0.2) is 0 Å². The van der Waals surface area contributed by atoms with E-state index in [0.717, 1.165) is 33.6 Å². The maximum absolute atomic E-state index is 6.44. The molecule has 0 radical (unpaired) electrons. The molecule has 0 aromatic heterocycles. The zero-order valence-electron chi connectivity index (χ0n) is 13.4. The number of para-hydroxylation sites is 1. The van der Waals surface area contributed by atoms with Crippen molar-refractivity contribution in [2.45, 2.75) is 25.1 Å². The number of anilines is 1. The molecule has 0 unspecified atom stereocenters. The van der Waals surface area contributed by atoms with E-state index in [1.165, 1.54) is 0 Å². The van der Waals surface area contributed by atoms with Crippen molar-refractivity contribution >= 4 is 38.9 Å². The summed E-state index contributed by atoms with van der Waals surface area (Å²) in [4.78, 5) is 2.04. The number of halogens is 1. The third-order valence-corrected chi connectivity index (χ3v) is 5.40.